The Bertz CT molecular complexity index is 903. The van der Waals surface area contributed by atoms with Gasteiger partial charge in [-0.3, -0.25) is 14.4 Å². The van der Waals surface area contributed by atoms with Crippen molar-refractivity contribution in [3.8, 4) is 0 Å². The first-order chi connectivity index (χ1) is 36.3. The molecule has 443 valence electrons. The van der Waals surface area contributed by atoms with Gasteiger partial charge in [0.15, 0.2) is 0 Å². The Morgan fingerprint density at radius 3 is 0.486 bits per heavy atom. The van der Waals surface area contributed by atoms with E-state index in [4.69, 9.17) is 14.2 Å². The van der Waals surface area contributed by atoms with E-state index in [-0.39, 0.29) is 35.2 Å². The van der Waals surface area contributed by atoms with Crippen LogP contribution in [0.2, 0.25) is 4.44 Å². The van der Waals surface area contributed by atoms with E-state index in [1.165, 1.54) is 306 Å². The van der Waals surface area contributed by atoms with Gasteiger partial charge >= 0.3 is 64.6 Å². The van der Waals surface area contributed by atoms with Gasteiger partial charge in [-0.25, -0.2) is 0 Å². The molecule has 0 aromatic heterocycles. The van der Waals surface area contributed by atoms with Crippen LogP contribution in [0.1, 0.15) is 349 Å². The predicted octanol–water partition coefficient (Wildman–Crippen LogP) is 21.5. The van der Waals surface area contributed by atoms with Gasteiger partial charge in [0, 0.05) is 0 Å². The molecule has 0 aromatic rings. The summed E-state index contributed by atoms with van der Waals surface area (Å²) in [5.41, 5.74) is 0. The van der Waals surface area contributed by atoms with Gasteiger partial charge in [-0.1, -0.05) is 310 Å². The first-order valence-corrected chi connectivity index (χ1v) is 36.2. The molecule has 0 heterocycles. The number of esters is 3. The van der Waals surface area contributed by atoms with Crippen molar-refractivity contribution in [3.63, 3.8) is 0 Å². The molecule has 0 amide bonds. The maximum atomic E-state index is 10.9. The average molecular weight is 1210 g/mol. The van der Waals surface area contributed by atoms with Crippen LogP contribution in [0.25, 0.3) is 0 Å². The molecule has 0 aliphatic heterocycles. The van der Waals surface area contributed by atoms with Crippen LogP contribution in [-0.4, -0.2) is 77.5 Å². The van der Waals surface area contributed by atoms with Crippen molar-refractivity contribution >= 4 is 78.3 Å². The van der Waals surface area contributed by atoms with Crippen molar-refractivity contribution in [1.82, 2.24) is 0 Å². The van der Waals surface area contributed by atoms with Gasteiger partial charge in [-0.15, -0.1) is 0 Å². The summed E-state index contributed by atoms with van der Waals surface area (Å²) in [4.78, 5) is 32.6. The van der Waals surface area contributed by atoms with E-state index < -0.39 is 0 Å². The molecule has 0 aliphatic rings. The van der Waals surface area contributed by atoms with E-state index in [0.29, 0.717) is 19.8 Å². The third kappa shape index (κ3) is 86.2. The summed E-state index contributed by atoms with van der Waals surface area (Å²) in [6.07, 6.45) is 68.2. The second-order valence-corrected chi connectivity index (χ2v) is 23.5. The van der Waals surface area contributed by atoms with Crippen LogP contribution in [0, 0.1) is 0 Å². The molecule has 0 unspecified atom stereocenters. The number of unbranched alkanes of at least 4 members (excludes halogenated alkanes) is 46. The molecule has 0 fully saturated rings. The summed E-state index contributed by atoms with van der Waals surface area (Å²) in [7, 11) is 0. The molecule has 0 saturated heterocycles. The van der Waals surface area contributed by atoms with E-state index in [0.717, 1.165) is 19.3 Å². The van der Waals surface area contributed by atoms with Gasteiger partial charge in [0.1, 0.15) is 0 Å². The summed E-state index contributed by atoms with van der Waals surface area (Å²) >= 11 is 13.3. The summed E-state index contributed by atoms with van der Waals surface area (Å²) in [6, 6.07) is 0. The molecule has 74 heavy (non-hydrogen) atoms. The molecule has 0 atom stereocenters. The van der Waals surface area contributed by atoms with Crippen molar-refractivity contribution in [3.05, 3.63) is 0 Å². The van der Waals surface area contributed by atoms with Crippen LogP contribution in [0.15, 0.2) is 0 Å². The van der Waals surface area contributed by atoms with Crippen molar-refractivity contribution in [2.45, 2.75) is 353 Å². The van der Waals surface area contributed by atoms with Crippen molar-refractivity contribution in [1.29, 1.82) is 0 Å². The van der Waals surface area contributed by atoms with Gasteiger partial charge in [-0.2, -0.15) is 37.9 Å². The van der Waals surface area contributed by atoms with E-state index in [1.54, 1.807) is 22.5 Å². The molecule has 0 spiro atoms. The Labute approximate surface area is 493 Å². The van der Waals surface area contributed by atoms with Gasteiger partial charge in [0.05, 0.1) is 37.1 Å². The third-order valence-electron chi connectivity index (χ3n) is 13.7. The van der Waals surface area contributed by atoms with E-state index in [9.17, 15) is 14.4 Å². The Morgan fingerprint density at radius 2 is 0.378 bits per heavy atom. The number of hydrogen-bond donors (Lipinski definition) is 3. The van der Waals surface area contributed by atoms with E-state index >= 15 is 0 Å². The minimum absolute atomic E-state index is 0.193. The summed E-state index contributed by atoms with van der Waals surface area (Å²) in [5, 5.41) is 0. The third-order valence-corrected chi connectivity index (χ3v) is 15.5. The maximum absolute atomic E-state index is 10.9. The molecular formula is C64H129O6S3Sn. The SMILES string of the molecule is CCCCCCCCCCCCCCCCCCOC(=O)CS.CCCCCCCCCCCCCCCCCCOC(=O)CS.CCCCCCCCCCCCCCCCCCOC(=O)CS.CCC[CH2][Sn]. The predicted molar refractivity (Wildman–Crippen MR) is 339 cm³/mol. The summed E-state index contributed by atoms with van der Waals surface area (Å²) < 4.78 is 16.4. The zero-order valence-corrected chi connectivity index (χ0v) is 55.6. The molecule has 0 saturated carbocycles. The Hall–Kier alpha value is 0.259. The monoisotopic (exact) mass is 1210 g/mol. The minimum atomic E-state index is -0.200. The van der Waals surface area contributed by atoms with Crippen molar-refractivity contribution in [2.75, 3.05) is 37.1 Å². The first-order valence-electron chi connectivity index (χ1n) is 32.3. The quantitative estimate of drug-likeness (QED) is 0.0185. The Kier molecular flexibility index (Phi) is 87.0. The van der Waals surface area contributed by atoms with Crippen LogP contribution in [-0.2, 0) is 28.6 Å². The van der Waals surface area contributed by atoms with Crippen LogP contribution >= 0.6 is 37.9 Å². The fourth-order valence-corrected chi connectivity index (χ4v) is 10.1. The topological polar surface area (TPSA) is 78.9 Å². The Balaban J connectivity index is -0.000000473. The van der Waals surface area contributed by atoms with E-state index in [1.807, 2.05) is 0 Å². The molecule has 10 heteroatoms. The summed E-state index contributed by atoms with van der Waals surface area (Å²) in [5.74, 6) is -0.0193. The normalized spacial score (nSPS) is 10.7. The number of carbonyl (C=O) groups excluding carboxylic acids is 3. The molecule has 3 radical (unpaired) electrons. The zero-order chi connectivity index (χ0) is 55.2. The molecular weight excluding hydrogens is 1080 g/mol. The van der Waals surface area contributed by atoms with Gasteiger partial charge in [-0.05, 0) is 19.3 Å². The Morgan fingerprint density at radius 1 is 0.243 bits per heavy atom. The zero-order valence-electron chi connectivity index (χ0n) is 50.1. The number of ether oxygens (including phenoxy) is 3. The van der Waals surface area contributed by atoms with E-state index in [2.05, 4.69) is 65.6 Å². The van der Waals surface area contributed by atoms with Gasteiger partial charge in [0.25, 0.3) is 0 Å². The molecule has 0 aliphatic carbocycles. The molecule has 0 rings (SSSR count). The molecule has 0 N–H and O–H groups in total. The second kappa shape index (κ2) is 79.7. The standard InChI is InChI=1S/3C20H40O2S.C4H9.Sn/c3*1-2-3-4-5-6-7-8-9-10-11-12-13-14-15-16-17-18-22-20(21)19-23;1-3-4-2;/h3*23H,2-19H2,1H3;1,3-4H2,2H3;. The average Bonchev–Trinajstić information content (AvgIpc) is 3.41. The number of hydrogen-bond acceptors (Lipinski definition) is 9. The first kappa shape index (κ1) is 80.7. The fraction of sp³-hybridized carbons (Fsp3) is 0.953. The number of thiol groups is 3. The summed E-state index contributed by atoms with van der Waals surface area (Å²) in [6.45, 7) is 10.8. The van der Waals surface area contributed by atoms with Crippen LogP contribution < -0.4 is 0 Å². The van der Waals surface area contributed by atoms with Crippen molar-refractivity contribution < 1.29 is 28.6 Å². The molecule has 0 aromatic carbocycles. The van der Waals surface area contributed by atoms with Gasteiger partial charge < -0.3 is 14.2 Å². The number of rotatable bonds is 56. The van der Waals surface area contributed by atoms with Crippen LogP contribution in [0.3, 0.4) is 0 Å². The second-order valence-electron chi connectivity index (χ2n) is 21.1. The number of carbonyl (C=O) groups is 3. The van der Waals surface area contributed by atoms with Gasteiger partial charge in [0.2, 0.25) is 0 Å². The van der Waals surface area contributed by atoms with Crippen LogP contribution in [0.5, 0.6) is 0 Å². The van der Waals surface area contributed by atoms with Crippen LogP contribution in [0.4, 0.5) is 0 Å². The molecule has 6 nitrogen and oxygen atoms in total. The van der Waals surface area contributed by atoms with Crippen molar-refractivity contribution in [2.24, 2.45) is 0 Å². The molecule has 0 bridgehead atoms. The fourth-order valence-electron chi connectivity index (χ4n) is 8.82.